The molecule has 0 radical (unpaired) electrons. The quantitative estimate of drug-likeness (QED) is 0.333. The van der Waals surface area contributed by atoms with Crippen LogP contribution in [0.3, 0.4) is 0 Å². The maximum Gasteiger partial charge on any atom is 0.357 e. The number of likely N-dealkylation sites (N-methyl/N-ethyl adjacent to an activating group) is 1. The van der Waals surface area contributed by atoms with Crippen LogP contribution in [-0.4, -0.2) is 92.1 Å². The molecule has 36 heavy (non-hydrogen) atoms. The zero-order chi connectivity index (χ0) is 25.5. The van der Waals surface area contributed by atoms with E-state index in [1.54, 1.807) is 12.1 Å². The highest BCUT2D eigenvalue weighted by Gasteiger charge is 2.31. The Kier molecular flexibility index (Phi) is 8.35. The second-order valence-corrected chi connectivity index (χ2v) is 8.68. The standard InChI is InChI=1S/C27H32N4O5/c1-29-14-16-30(17-15-29)13-8-18-36-22-12-7-9-20(19-22)24-23(26(32)34-2)25(27(33)35-3)31(28-24)21-10-5-4-6-11-21/h4-7,9-12,19H,8,13-18H2,1-3H3. The molecule has 4 rings (SSSR count). The van der Waals surface area contributed by atoms with Crippen LogP contribution in [0.2, 0.25) is 0 Å². The molecule has 2 heterocycles. The van der Waals surface area contributed by atoms with Crippen LogP contribution in [0.5, 0.6) is 5.75 Å². The molecule has 2 aromatic carbocycles. The normalized spacial score (nSPS) is 14.4. The van der Waals surface area contributed by atoms with E-state index in [2.05, 4.69) is 21.9 Å². The zero-order valence-electron chi connectivity index (χ0n) is 21.0. The van der Waals surface area contributed by atoms with E-state index < -0.39 is 11.9 Å². The van der Waals surface area contributed by atoms with E-state index in [1.165, 1.54) is 18.9 Å². The Hall–Kier alpha value is -3.69. The summed E-state index contributed by atoms with van der Waals surface area (Å²) in [7, 11) is 4.69. The number of carbonyl (C=O) groups is 2. The van der Waals surface area contributed by atoms with Crippen molar-refractivity contribution < 1.29 is 23.8 Å². The van der Waals surface area contributed by atoms with Crippen LogP contribution in [0.4, 0.5) is 0 Å². The van der Waals surface area contributed by atoms with E-state index in [-0.39, 0.29) is 11.3 Å². The van der Waals surface area contributed by atoms with Crippen molar-refractivity contribution in [3.05, 3.63) is 65.9 Å². The Morgan fingerprint density at radius 1 is 0.917 bits per heavy atom. The van der Waals surface area contributed by atoms with Gasteiger partial charge >= 0.3 is 11.9 Å². The first-order valence-electron chi connectivity index (χ1n) is 12.0. The lowest BCUT2D eigenvalue weighted by atomic mass is 10.1. The van der Waals surface area contributed by atoms with Gasteiger partial charge in [0.15, 0.2) is 5.69 Å². The minimum atomic E-state index is -0.686. The summed E-state index contributed by atoms with van der Waals surface area (Å²) in [6.45, 7) is 5.91. The van der Waals surface area contributed by atoms with Gasteiger partial charge in [-0.2, -0.15) is 5.10 Å². The topological polar surface area (TPSA) is 86.1 Å². The highest BCUT2D eigenvalue weighted by Crippen LogP contribution is 2.31. The average molecular weight is 493 g/mol. The minimum absolute atomic E-state index is 0.00375. The molecule has 3 aromatic rings. The van der Waals surface area contributed by atoms with Crippen LogP contribution in [-0.2, 0) is 9.47 Å². The summed E-state index contributed by atoms with van der Waals surface area (Å²) in [5, 5.41) is 4.64. The van der Waals surface area contributed by atoms with E-state index in [4.69, 9.17) is 14.2 Å². The number of aromatic nitrogens is 2. The maximum atomic E-state index is 12.8. The number of benzene rings is 2. The molecule has 0 atom stereocenters. The molecule has 0 spiro atoms. The summed E-state index contributed by atoms with van der Waals surface area (Å²) in [6.07, 6.45) is 0.913. The Bertz CT molecular complexity index is 1190. The van der Waals surface area contributed by atoms with E-state index >= 15 is 0 Å². The number of hydrogen-bond donors (Lipinski definition) is 0. The maximum absolute atomic E-state index is 12.8. The Labute approximate surface area is 211 Å². The fourth-order valence-electron chi connectivity index (χ4n) is 4.24. The number of carbonyl (C=O) groups excluding carboxylic acids is 2. The van der Waals surface area contributed by atoms with Crippen molar-refractivity contribution in [2.45, 2.75) is 6.42 Å². The van der Waals surface area contributed by atoms with E-state index in [0.717, 1.165) is 39.1 Å². The molecule has 190 valence electrons. The zero-order valence-corrected chi connectivity index (χ0v) is 21.0. The highest BCUT2D eigenvalue weighted by atomic mass is 16.5. The monoisotopic (exact) mass is 492 g/mol. The molecule has 1 aromatic heterocycles. The molecule has 0 amide bonds. The summed E-state index contributed by atoms with van der Waals surface area (Å²) in [5.74, 6) is -0.698. The molecule has 9 nitrogen and oxygen atoms in total. The molecule has 0 N–H and O–H groups in total. The third-order valence-corrected chi connectivity index (χ3v) is 6.25. The number of ether oxygens (including phenoxy) is 3. The number of rotatable bonds is 9. The van der Waals surface area contributed by atoms with Gasteiger partial charge in [0, 0.05) is 38.3 Å². The van der Waals surface area contributed by atoms with Gasteiger partial charge in [0.2, 0.25) is 0 Å². The van der Waals surface area contributed by atoms with Gasteiger partial charge in [0.1, 0.15) is 17.0 Å². The summed E-state index contributed by atoms with van der Waals surface area (Å²) in [6, 6.07) is 16.4. The van der Waals surface area contributed by atoms with Crippen LogP contribution in [0.15, 0.2) is 54.6 Å². The Morgan fingerprint density at radius 3 is 2.33 bits per heavy atom. The minimum Gasteiger partial charge on any atom is -0.494 e. The molecular formula is C27H32N4O5. The number of para-hydroxylation sites is 1. The number of hydrogen-bond acceptors (Lipinski definition) is 8. The lowest BCUT2D eigenvalue weighted by Gasteiger charge is -2.32. The van der Waals surface area contributed by atoms with Crippen molar-refractivity contribution in [3.63, 3.8) is 0 Å². The first-order valence-corrected chi connectivity index (χ1v) is 12.0. The molecule has 1 aliphatic rings. The van der Waals surface area contributed by atoms with Crippen LogP contribution in [0.1, 0.15) is 27.3 Å². The van der Waals surface area contributed by atoms with Gasteiger partial charge in [-0.3, -0.25) is 0 Å². The third-order valence-electron chi connectivity index (χ3n) is 6.25. The number of nitrogens with zero attached hydrogens (tertiary/aromatic N) is 4. The van der Waals surface area contributed by atoms with Gasteiger partial charge in [-0.15, -0.1) is 0 Å². The summed E-state index contributed by atoms with van der Waals surface area (Å²) in [4.78, 5) is 30.4. The fourth-order valence-corrected chi connectivity index (χ4v) is 4.24. The van der Waals surface area contributed by atoms with Crippen molar-refractivity contribution in [3.8, 4) is 22.7 Å². The molecule has 0 unspecified atom stereocenters. The molecule has 0 saturated carbocycles. The molecule has 0 aliphatic carbocycles. The molecule has 9 heteroatoms. The fraction of sp³-hybridized carbons (Fsp3) is 0.370. The van der Waals surface area contributed by atoms with Gasteiger partial charge in [0.05, 0.1) is 26.5 Å². The number of piperazine rings is 1. The summed E-state index contributed by atoms with van der Waals surface area (Å²) in [5.41, 5.74) is 1.61. The number of esters is 2. The van der Waals surface area contributed by atoms with Crippen molar-refractivity contribution in [1.82, 2.24) is 19.6 Å². The molecule has 1 saturated heterocycles. The average Bonchev–Trinajstić information content (AvgIpc) is 3.33. The first-order chi connectivity index (χ1) is 17.5. The SMILES string of the molecule is COC(=O)c1c(-c2cccc(OCCCN3CCN(C)CC3)c2)nn(-c2ccccc2)c1C(=O)OC. The molecule has 1 fully saturated rings. The molecule has 1 aliphatic heterocycles. The second-order valence-electron chi connectivity index (χ2n) is 8.68. The van der Waals surface area contributed by atoms with Gasteiger partial charge < -0.3 is 24.0 Å². The smallest absolute Gasteiger partial charge is 0.357 e. The van der Waals surface area contributed by atoms with Gasteiger partial charge in [0.25, 0.3) is 0 Å². The van der Waals surface area contributed by atoms with Crippen molar-refractivity contribution in [1.29, 1.82) is 0 Å². The molecular weight excluding hydrogens is 460 g/mol. The van der Waals surface area contributed by atoms with Gasteiger partial charge in [-0.25, -0.2) is 14.3 Å². The van der Waals surface area contributed by atoms with Crippen molar-refractivity contribution in [2.75, 3.05) is 60.6 Å². The van der Waals surface area contributed by atoms with Crippen LogP contribution < -0.4 is 4.74 Å². The largest absolute Gasteiger partial charge is 0.494 e. The number of methoxy groups -OCH3 is 2. The van der Waals surface area contributed by atoms with E-state index in [9.17, 15) is 9.59 Å². The van der Waals surface area contributed by atoms with Crippen molar-refractivity contribution in [2.24, 2.45) is 0 Å². The predicted molar refractivity (Wildman–Crippen MR) is 136 cm³/mol. The third kappa shape index (κ3) is 5.75. The summed E-state index contributed by atoms with van der Waals surface area (Å²) < 4.78 is 17.4. The van der Waals surface area contributed by atoms with Crippen LogP contribution >= 0.6 is 0 Å². The van der Waals surface area contributed by atoms with Crippen molar-refractivity contribution >= 4 is 11.9 Å². The lowest BCUT2D eigenvalue weighted by molar-refractivity contribution is 0.0549. The van der Waals surface area contributed by atoms with Gasteiger partial charge in [-0.05, 0) is 37.7 Å². The predicted octanol–water partition coefficient (Wildman–Crippen LogP) is 3.13. The molecule has 0 bridgehead atoms. The van der Waals surface area contributed by atoms with Crippen LogP contribution in [0, 0.1) is 0 Å². The Balaban J connectivity index is 1.59. The Morgan fingerprint density at radius 2 is 1.64 bits per heavy atom. The van der Waals surface area contributed by atoms with Crippen LogP contribution in [0.25, 0.3) is 16.9 Å². The van der Waals surface area contributed by atoms with E-state index in [1.807, 2.05) is 42.5 Å². The summed E-state index contributed by atoms with van der Waals surface area (Å²) >= 11 is 0. The van der Waals surface area contributed by atoms with E-state index in [0.29, 0.717) is 29.3 Å². The lowest BCUT2D eigenvalue weighted by Crippen LogP contribution is -2.44. The second kappa shape index (κ2) is 11.8. The first kappa shape index (κ1) is 25.4. The highest BCUT2D eigenvalue weighted by molar-refractivity contribution is 6.06. The van der Waals surface area contributed by atoms with Gasteiger partial charge in [-0.1, -0.05) is 30.3 Å².